The fraction of sp³-hybridized carbons (Fsp3) is 0.182. The average Bonchev–Trinajstić information content (AvgIpc) is 2.76. The van der Waals surface area contributed by atoms with E-state index in [-0.39, 0.29) is 18.7 Å². The predicted molar refractivity (Wildman–Crippen MR) is 109 cm³/mol. The SMILES string of the molecule is CCOc1ccc(N(CCC#N)C(=O)c2ccc(=O)n(-c3ccc(F)cc3)n2)cc1. The molecule has 0 aliphatic carbocycles. The highest BCUT2D eigenvalue weighted by atomic mass is 19.1. The first-order chi connectivity index (χ1) is 14.5. The van der Waals surface area contributed by atoms with E-state index in [1.807, 2.05) is 13.0 Å². The molecule has 7 nitrogen and oxygen atoms in total. The molecule has 0 aliphatic heterocycles. The van der Waals surface area contributed by atoms with Crippen molar-refractivity contribution in [2.45, 2.75) is 13.3 Å². The number of nitrogens with zero attached hydrogens (tertiary/aromatic N) is 4. The number of rotatable bonds is 7. The zero-order chi connectivity index (χ0) is 21.5. The van der Waals surface area contributed by atoms with Crippen LogP contribution in [0.2, 0.25) is 0 Å². The van der Waals surface area contributed by atoms with Crippen LogP contribution in [-0.2, 0) is 0 Å². The second kappa shape index (κ2) is 9.47. The number of ether oxygens (including phenoxy) is 1. The van der Waals surface area contributed by atoms with Gasteiger partial charge in [-0.05, 0) is 61.5 Å². The number of anilines is 1. The maximum absolute atomic E-state index is 13.2. The lowest BCUT2D eigenvalue weighted by atomic mass is 10.2. The predicted octanol–water partition coefficient (Wildman–Crippen LogP) is 3.33. The summed E-state index contributed by atoms with van der Waals surface area (Å²) in [4.78, 5) is 26.8. The number of hydrogen-bond acceptors (Lipinski definition) is 5. The molecule has 0 N–H and O–H groups in total. The Hall–Kier alpha value is -3.99. The number of halogens is 1. The Morgan fingerprint density at radius 1 is 1.13 bits per heavy atom. The number of hydrogen-bond donors (Lipinski definition) is 0. The fourth-order valence-electron chi connectivity index (χ4n) is 2.83. The molecular weight excluding hydrogens is 387 g/mol. The smallest absolute Gasteiger partial charge is 0.278 e. The zero-order valence-corrected chi connectivity index (χ0v) is 16.3. The number of carbonyl (C=O) groups excluding carboxylic acids is 1. The molecule has 1 aromatic heterocycles. The number of carbonyl (C=O) groups is 1. The van der Waals surface area contributed by atoms with Gasteiger partial charge in [-0.1, -0.05) is 0 Å². The molecule has 0 radical (unpaired) electrons. The van der Waals surface area contributed by atoms with Gasteiger partial charge in [0.15, 0.2) is 0 Å². The summed E-state index contributed by atoms with van der Waals surface area (Å²) >= 11 is 0. The van der Waals surface area contributed by atoms with Gasteiger partial charge in [-0.15, -0.1) is 0 Å². The van der Waals surface area contributed by atoms with E-state index in [2.05, 4.69) is 5.10 Å². The van der Waals surface area contributed by atoms with Gasteiger partial charge in [-0.25, -0.2) is 4.39 Å². The van der Waals surface area contributed by atoms with Gasteiger partial charge in [0.1, 0.15) is 17.3 Å². The molecule has 1 heterocycles. The summed E-state index contributed by atoms with van der Waals surface area (Å²) in [5, 5.41) is 13.1. The van der Waals surface area contributed by atoms with Crippen molar-refractivity contribution in [3.8, 4) is 17.5 Å². The summed E-state index contributed by atoms with van der Waals surface area (Å²) in [7, 11) is 0. The molecule has 0 atom stereocenters. The van der Waals surface area contributed by atoms with E-state index >= 15 is 0 Å². The number of benzene rings is 2. The minimum absolute atomic E-state index is 0.0192. The molecule has 3 aromatic rings. The highest BCUT2D eigenvalue weighted by Gasteiger charge is 2.20. The highest BCUT2D eigenvalue weighted by molar-refractivity contribution is 6.04. The Bertz CT molecular complexity index is 1120. The minimum Gasteiger partial charge on any atom is -0.494 e. The summed E-state index contributed by atoms with van der Waals surface area (Å²) in [6, 6.07) is 16.7. The summed E-state index contributed by atoms with van der Waals surface area (Å²) in [5.41, 5.74) is 0.467. The molecular formula is C22H19FN4O3. The van der Waals surface area contributed by atoms with Crippen molar-refractivity contribution in [1.29, 1.82) is 5.26 Å². The van der Waals surface area contributed by atoms with Crippen LogP contribution in [0.3, 0.4) is 0 Å². The van der Waals surface area contributed by atoms with E-state index in [0.29, 0.717) is 23.7 Å². The third-order valence-corrected chi connectivity index (χ3v) is 4.24. The number of aromatic nitrogens is 2. The Labute approximate surface area is 172 Å². The van der Waals surface area contributed by atoms with Crippen molar-refractivity contribution < 1.29 is 13.9 Å². The van der Waals surface area contributed by atoms with Crippen molar-refractivity contribution in [2.24, 2.45) is 0 Å². The summed E-state index contributed by atoms with van der Waals surface area (Å²) in [6.07, 6.45) is 0.122. The zero-order valence-electron chi connectivity index (χ0n) is 16.3. The molecule has 2 aromatic carbocycles. The van der Waals surface area contributed by atoms with Crippen LogP contribution >= 0.6 is 0 Å². The average molecular weight is 406 g/mol. The lowest BCUT2D eigenvalue weighted by molar-refractivity contribution is 0.0981. The van der Waals surface area contributed by atoms with Gasteiger partial charge >= 0.3 is 0 Å². The first kappa shape index (κ1) is 20.7. The van der Waals surface area contributed by atoms with E-state index in [4.69, 9.17) is 10.00 Å². The summed E-state index contributed by atoms with van der Waals surface area (Å²) in [5.74, 6) is -0.251. The molecule has 8 heteroatoms. The Morgan fingerprint density at radius 3 is 2.47 bits per heavy atom. The van der Waals surface area contributed by atoms with Crippen molar-refractivity contribution in [1.82, 2.24) is 9.78 Å². The van der Waals surface area contributed by atoms with E-state index in [1.165, 1.54) is 41.3 Å². The molecule has 0 spiro atoms. The van der Waals surface area contributed by atoms with Crippen LogP contribution in [0.1, 0.15) is 23.8 Å². The monoisotopic (exact) mass is 406 g/mol. The van der Waals surface area contributed by atoms with Gasteiger partial charge in [-0.2, -0.15) is 15.0 Å². The lowest BCUT2D eigenvalue weighted by Gasteiger charge is -2.22. The van der Waals surface area contributed by atoms with E-state index in [1.54, 1.807) is 24.3 Å². The van der Waals surface area contributed by atoms with Gasteiger partial charge < -0.3 is 9.64 Å². The van der Waals surface area contributed by atoms with Crippen LogP contribution in [-0.4, -0.2) is 28.8 Å². The first-order valence-corrected chi connectivity index (χ1v) is 9.31. The maximum Gasteiger partial charge on any atom is 0.278 e. The van der Waals surface area contributed by atoms with Crippen LogP contribution in [0.25, 0.3) is 5.69 Å². The van der Waals surface area contributed by atoms with E-state index in [0.717, 1.165) is 4.68 Å². The molecule has 0 aliphatic rings. The first-order valence-electron chi connectivity index (χ1n) is 9.31. The van der Waals surface area contributed by atoms with Crippen LogP contribution in [0.5, 0.6) is 5.75 Å². The second-order valence-corrected chi connectivity index (χ2v) is 6.24. The van der Waals surface area contributed by atoms with Gasteiger partial charge in [0, 0.05) is 18.3 Å². The highest BCUT2D eigenvalue weighted by Crippen LogP contribution is 2.21. The topological polar surface area (TPSA) is 88.2 Å². The Morgan fingerprint density at radius 2 is 1.83 bits per heavy atom. The molecule has 0 bridgehead atoms. The molecule has 3 rings (SSSR count). The van der Waals surface area contributed by atoms with Crippen molar-refractivity contribution in [3.63, 3.8) is 0 Å². The third kappa shape index (κ3) is 4.70. The van der Waals surface area contributed by atoms with Crippen LogP contribution in [0, 0.1) is 17.1 Å². The summed E-state index contributed by atoms with van der Waals surface area (Å²) in [6.45, 7) is 2.55. The molecule has 30 heavy (non-hydrogen) atoms. The third-order valence-electron chi connectivity index (χ3n) is 4.24. The van der Waals surface area contributed by atoms with Crippen LogP contribution in [0.4, 0.5) is 10.1 Å². The standard InChI is InChI=1S/C22H19FN4O3/c1-2-30-19-10-8-17(9-11-19)26(15-3-14-24)22(29)20-12-13-21(28)27(25-20)18-6-4-16(23)5-7-18/h4-13H,2-3,15H2,1H3. The Kier molecular flexibility index (Phi) is 6.55. The molecule has 1 amide bonds. The van der Waals surface area contributed by atoms with E-state index < -0.39 is 17.3 Å². The molecule has 0 unspecified atom stereocenters. The minimum atomic E-state index is -0.467. The molecule has 0 saturated carbocycles. The largest absolute Gasteiger partial charge is 0.494 e. The second-order valence-electron chi connectivity index (χ2n) is 6.24. The fourth-order valence-corrected chi connectivity index (χ4v) is 2.83. The molecule has 0 fully saturated rings. The Balaban J connectivity index is 1.96. The van der Waals surface area contributed by atoms with Crippen molar-refractivity contribution in [3.05, 3.63) is 82.5 Å². The maximum atomic E-state index is 13.2. The number of nitriles is 1. The molecule has 0 saturated heterocycles. The van der Waals surface area contributed by atoms with Gasteiger partial charge in [0.05, 0.1) is 24.8 Å². The van der Waals surface area contributed by atoms with E-state index in [9.17, 15) is 14.0 Å². The van der Waals surface area contributed by atoms with Crippen LogP contribution < -0.4 is 15.2 Å². The normalized spacial score (nSPS) is 10.3. The summed E-state index contributed by atoms with van der Waals surface area (Å²) < 4.78 is 19.7. The lowest BCUT2D eigenvalue weighted by Crippen LogP contribution is -2.34. The van der Waals surface area contributed by atoms with Crippen molar-refractivity contribution >= 4 is 11.6 Å². The van der Waals surface area contributed by atoms with Gasteiger partial charge in [0.25, 0.3) is 11.5 Å². The molecule has 152 valence electrons. The number of amides is 1. The van der Waals surface area contributed by atoms with Crippen LogP contribution in [0.15, 0.2) is 65.5 Å². The quantitative estimate of drug-likeness (QED) is 0.601. The van der Waals surface area contributed by atoms with Gasteiger partial charge in [-0.3, -0.25) is 9.59 Å². The van der Waals surface area contributed by atoms with Gasteiger partial charge in [0.2, 0.25) is 0 Å². The van der Waals surface area contributed by atoms with Crippen molar-refractivity contribution in [2.75, 3.05) is 18.1 Å².